The van der Waals surface area contributed by atoms with Crippen LogP contribution >= 0.6 is 11.6 Å². The van der Waals surface area contributed by atoms with Crippen LogP contribution in [0.25, 0.3) is 0 Å². The van der Waals surface area contributed by atoms with Crippen LogP contribution in [0, 0.1) is 6.92 Å². The van der Waals surface area contributed by atoms with Crippen molar-refractivity contribution in [3.8, 4) is 0 Å². The summed E-state index contributed by atoms with van der Waals surface area (Å²) in [5, 5.41) is 4.60. The molecule has 0 bridgehead atoms. The van der Waals surface area contributed by atoms with E-state index in [0.29, 0.717) is 11.6 Å². The van der Waals surface area contributed by atoms with E-state index in [1.165, 1.54) is 0 Å². The van der Waals surface area contributed by atoms with Gasteiger partial charge in [-0.05, 0) is 19.8 Å². The van der Waals surface area contributed by atoms with E-state index in [0.717, 1.165) is 30.9 Å². The molecule has 2 aromatic rings. The van der Waals surface area contributed by atoms with Crippen LogP contribution < -0.4 is 0 Å². The summed E-state index contributed by atoms with van der Waals surface area (Å²) in [7, 11) is 0. The zero-order chi connectivity index (χ0) is 14.8. The highest BCUT2D eigenvalue weighted by Gasteiger charge is 2.26. The summed E-state index contributed by atoms with van der Waals surface area (Å²) in [5.41, 5.74) is 1.06. The first-order valence-electron chi connectivity index (χ1n) is 7.09. The Bertz CT molecular complexity index is 635. The lowest BCUT2D eigenvalue weighted by molar-refractivity contribution is -0.133. The van der Waals surface area contributed by atoms with Gasteiger partial charge in [-0.2, -0.15) is 5.10 Å². The van der Waals surface area contributed by atoms with Crippen molar-refractivity contribution in [3.05, 3.63) is 35.1 Å². The zero-order valence-electron chi connectivity index (χ0n) is 11.9. The molecule has 0 radical (unpaired) electrons. The van der Waals surface area contributed by atoms with Crippen molar-refractivity contribution in [2.24, 2.45) is 0 Å². The molecule has 3 heterocycles. The van der Waals surface area contributed by atoms with Gasteiger partial charge < -0.3 is 9.88 Å². The Morgan fingerprint density at radius 1 is 1.52 bits per heavy atom. The van der Waals surface area contributed by atoms with Crippen LogP contribution in [0.15, 0.2) is 18.6 Å². The van der Waals surface area contributed by atoms with E-state index < -0.39 is 0 Å². The predicted molar refractivity (Wildman–Crippen MR) is 79.1 cm³/mol. The summed E-state index contributed by atoms with van der Waals surface area (Å²) in [6.07, 6.45) is 7.10. The number of hydrogen-bond donors (Lipinski definition) is 1. The number of aromatic nitrogens is 4. The molecule has 0 unspecified atom stereocenters. The molecular weight excluding hydrogens is 290 g/mol. The summed E-state index contributed by atoms with van der Waals surface area (Å²) in [6.45, 7) is 3.73. The first-order valence-corrected chi connectivity index (χ1v) is 7.47. The average Bonchev–Trinajstić information content (AvgIpc) is 3.08. The molecule has 1 aliphatic rings. The van der Waals surface area contributed by atoms with Gasteiger partial charge in [0, 0.05) is 37.1 Å². The van der Waals surface area contributed by atoms with Gasteiger partial charge in [-0.15, -0.1) is 0 Å². The van der Waals surface area contributed by atoms with Gasteiger partial charge >= 0.3 is 0 Å². The fourth-order valence-electron chi connectivity index (χ4n) is 2.73. The normalized spacial score (nSPS) is 19.0. The fraction of sp³-hybridized carbons (Fsp3) is 0.500. The molecule has 6 nitrogen and oxygen atoms in total. The van der Waals surface area contributed by atoms with E-state index in [2.05, 4.69) is 15.1 Å². The van der Waals surface area contributed by atoms with Crippen LogP contribution in [0.5, 0.6) is 0 Å². The molecule has 7 heteroatoms. The monoisotopic (exact) mass is 307 g/mol. The van der Waals surface area contributed by atoms with Crippen LogP contribution in [0.2, 0.25) is 5.02 Å². The third-order valence-electron chi connectivity index (χ3n) is 3.78. The number of H-pyrrole nitrogens is 1. The van der Waals surface area contributed by atoms with Crippen LogP contribution in [-0.4, -0.2) is 43.6 Å². The predicted octanol–water partition coefficient (Wildman–Crippen LogP) is 1.97. The van der Waals surface area contributed by atoms with Crippen molar-refractivity contribution in [3.63, 3.8) is 0 Å². The number of nitrogens with zero attached hydrogens (tertiary/aromatic N) is 4. The highest BCUT2D eigenvalue weighted by molar-refractivity contribution is 6.30. The Hall–Kier alpha value is -1.82. The molecule has 0 aromatic carbocycles. The molecule has 0 aliphatic carbocycles. The Morgan fingerprint density at radius 2 is 2.38 bits per heavy atom. The second-order valence-electron chi connectivity index (χ2n) is 5.49. The van der Waals surface area contributed by atoms with Crippen LogP contribution in [-0.2, 0) is 11.3 Å². The van der Waals surface area contributed by atoms with Crippen molar-refractivity contribution in [1.29, 1.82) is 0 Å². The molecular formula is C14H18ClN5O. The quantitative estimate of drug-likeness (QED) is 0.943. The molecule has 1 atom stereocenters. The topological polar surface area (TPSA) is 66.8 Å². The van der Waals surface area contributed by atoms with Crippen molar-refractivity contribution in [2.45, 2.75) is 32.2 Å². The van der Waals surface area contributed by atoms with Crippen LogP contribution in [0.4, 0.5) is 0 Å². The number of hydrogen-bond acceptors (Lipinski definition) is 3. The standard InChI is InChI=1S/C14H18ClN5O/c1-10-5-16-14(18-10)11-3-2-4-19(7-11)13(21)9-20-8-12(15)6-17-20/h5-6,8,11H,2-4,7,9H2,1H3,(H,16,18)/t11-/m0/s1. The highest BCUT2D eigenvalue weighted by Crippen LogP contribution is 2.25. The summed E-state index contributed by atoms with van der Waals surface area (Å²) in [6, 6.07) is 0. The lowest BCUT2D eigenvalue weighted by atomic mass is 9.97. The number of carbonyl (C=O) groups is 1. The molecule has 21 heavy (non-hydrogen) atoms. The molecule has 0 saturated carbocycles. The third-order valence-corrected chi connectivity index (χ3v) is 3.98. The second-order valence-corrected chi connectivity index (χ2v) is 5.92. The molecule has 1 aliphatic heterocycles. The van der Waals surface area contributed by atoms with E-state index in [9.17, 15) is 4.79 Å². The molecule has 1 amide bonds. The largest absolute Gasteiger partial charge is 0.346 e. The molecule has 1 saturated heterocycles. The summed E-state index contributed by atoms with van der Waals surface area (Å²) < 4.78 is 1.57. The maximum absolute atomic E-state index is 12.4. The Morgan fingerprint density at radius 3 is 3.05 bits per heavy atom. The SMILES string of the molecule is Cc1cnc([C@H]2CCCN(C(=O)Cn3cc(Cl)cn3)C2)[nH]1. The number of piperidine rings is 1. The van der Waals surface area contributed by atoms with Gasteiger partial charge in [0.25, 0.3) is 0 Å². The lowest BCUT2D eigenvalue weighted by Gasteiger charge is -2.31. The minimum Gasteiger partial charge on any atom is -0.346 e. The van der Waals surface area contributed by atoms with Crippen molar-refractivity contribution < 1.29 is 4.79 Å². The van der Waals surface area contributed by atoms with Gasteiger partial charge in [-0.1, -0.05) is 11.6 Å². The van der Waals surface area contributed by atoms with E-state index in [4.69, 9.17) is 11.6 Å². The highest BCUT2D eigenvalue weighted by atomic mass is 35.5. The van der Waals surface area contributed by atoms with E-state index in [1.807, 2.05) is 18.0 Å². The number of imidazole rings is 1. The Balaban J connectivity index is 1.64. The lowest BCUT2D eigenvalue weighted by Crippen LogP contribution is -2.41. The third kappa shape index (κ3) is 3.26. The van der Waals surface area contributed by atoms with Gasteiger partial charge in [0.2, 0.25) is 5.91 Å². The van der Waals surface area contributed by atoms with Crippen molar-refractivity contribution in [1.82, 2.24) is 24.6 Å². The molecule has 3 rings (SSSR count). The summed E-state index contributed by atoms with van der Waals surface area (Å²) in [4.78, 5) is 21.9. The number of aryl methyl sites for hydroxylation is 1. The van der Waals surface area contributed by atoms with E-state index in [1.54, 1.807) is 17.1 Å². The first-order chi connectivity index (χ1) is 10.1. The minimum atomic E-state index is 0.0720. The first kappa shape index (κ1) is 14.1. The van der Waals surface area contributed by atoms with Gasteiger partial charge in [0.1, 0.15) is 12.4 Å². The average molecular weight is 308 g/mol. The smallest absolute Gasteiger partial charge is 0.244 e. The number of halogens is 1. The Kier molecular flexibility index (Phi) is 3.96. The number of likely N-dealkylation sites (tertiary alicyclic amines) is 1. The second kappa shape index (κ2) is 5.89. The molecule has 1 fully saturated rings. The molecule has 112 valence electrons. The number of amides is 1. The van der Waals surface area contributed by atoms with Crippen molar-refractivity contribution in [2.75, 3.05) is 13.1 Å². The van der Waals surface area contributed by atoms with Gasteiger partial charge in [0.15, 0.2) is 0 Å². The fourth-order valence-corrected chi connectivity index (χ4v) is 2.89. The molecule has 0 spiro atoms. The Labute approximate surface area is 128 Å². The van der Waals surface area contributed by atoms with E-state index >= 15 is 0 Å². The van der Waals surface area contributed by atoms with Crippen LogP contribution in [0.3, 0.4) is 0 Å². The van der Waals surface area contributed by atoms with Gasteiger partial charge in [-0.3, -0.25) is 9.48 Å². The number of carbonyl (C=O) groups excluding carboxylic acids is 1. The molecule has 1 N–H and O–H groups in total. The maximum Gasteiger partial charge on any atom is 0.244 e. The number of rotatable bonds is 3. The number of nitrogens with one attached hydrogen (secondary N) is 1. The molecule has 2 aromatic heterocycles. The van der Waals surface area contributed by atoms with E-state index in [-0.39, 0.29) is 18.4 Å². The van der Waals surface area contributed by atoms with Gasteiger partial charge in [-0.25, -0.2) is 4.98 Å². The number of aromatic amines is 1. The van der Waals surface area contributed by atoms with Gasteiger partial charge in [0.05, 0.1) is 11.2 Å². The minimum absolute atomic E-state index is 0.0720. The maximum atomic E-state index is 12.4. The zero-order valence-corrected chi connectivity index (χ0v) is 12.7. The van der Waals surface area contributed by atoms with Crippen LogP contribution in [0.1, 0.15) is 30.3 Å². The summed E-state index contributed by atoms with van der Waals surface area (Å²) >= 11 is 5.81. The summed E-state index contributed by atoms with van der Waals surface area (Å²) in [5.74, 6) is 1.34. The van der Waals surface area contributed by atoms with Crippen molar-refractivity contribution >= 4 is 17.5 Å².